The molecule has 0 bridgehead atoms. The van der Waals surface area contributed by atoms with Crippen molar-refractivity contribution >= 4 is 0 Å². The van der Waals surface area contributed by atoms with Crippen LogP contribution in [0.25, 0.3) is 11.1 Å². The number of hydrogen-bond donors (Lipinski definition) is 0. The second-order valence-electron chi connectivity index (χ2n) is 3.42. The molecule has 1 heteroatoms. The molecule has 0 atom stereocenters. The van der Waals surface area contributed by atoms with E-state index in [2.05, 4.69) is 30.1 Å². The van der Waals surface area contributed by atoms with Gasteiger partial charge in [0.15, 0.2) is 0 Å². The second kappa shape index (κ2) is 3.62. The highest BCUT2D eigenvalue weighted by Crippen LogP contribution is 2.21. The van der Waals surface area contributed by atoms with Crippen molar-refractivity contribution in [2.24, 2.45) is 0 Å². The first-order valence-electron chi connectivity index (χ1n) is 4.68. The summed E-state index contributed by atoms with van der Waals surface area (Å²) in [4.78, 5) is 4.30. The maximum atomic E-state index is 4.30. The summed E-state index contributed by atoms with van der Waals surface area (Å²) in [5, 5.41) is 0. The number of pyridine rings is 1. The molecule has 0 fully saturated rings. The van der Waals surface area contributed by atoms with Crippen molar-refractivity contribution in [3.63, 3.8) is 0 Å². The van der Waals surface area contributed by atoms with E-state index in [1.165, 1.54) is 5.56 Å². The van der Waals surface area contributed by atoms with E-state index in [1.807, 2.05) is 31.3 Å². The predicted molar refractivity (Wildman–Crippen MR) is 58.0 cm³/mol. The molecule has 1 heterocycles. The number of hydrogen-bond acceptors (Lipinski definition) is 1. The SMILES string of the molecule is Cc1cc(C)c(-c2[c]cccc2)cn1. The number of benzene rings is 1. The Morgan fingerprint density at radius 2 is 2.07 bits per heavy atom. The minimum Gasteiger partial charge on any atom is -0.261 e. The zero-order chi connectivity index (χ0) is 9.97. The minimum atomic E-state index is 1.06. The highest BCUT2D eigenvalue weighted by atomic mass is 14.7. The quantitative estimate of drug-likeness (QED) is 0.660. The molecule has 0 aliphatic heterocycles. The van der Waals surface area contributed by atoms with Crippen LogP contribution >= 0.6 is 0 Å². The Bertz CT molecular complexity index is 432. The van der Waals surface area contributed by atoms with E-state index in [1.54, 1.807) is 0 Å². The molecule has 1 nitrogen and oxygen atoms in total. The highest BCUT2D eigenvalue weighted by Gasteiger charge is 2.01. The van der Waals surface area contributed by atoms with Gasteiger partial charge in [-0.05, 0) is 37.1 Å². The van der Waals surface area contributed by atoms with Crippen LogP contribution in [0.3, 0.4) is 0 Å². The van der Waals surface area contributed by atoms with Crippen LogP contribution in [0, 0.1) is 19.9 Å². The van der Waals surface area contributed by atoms with Crippen molar-refractivity contribution in [3.05, 3.63) is 53.9 Å². The van der Waals surface area contributed by atoms with Crippen LogP contribution in [0.1, 0.15) is 11.3 Å². The Morgan fingerprint density at radius 3 is 2.71 bits per heavy atom. The molecule has 0 aliphatic rings. The number of rotatable bonds is 1. The van der Waals surface area contributed by atoms with E-state index in [4.69, 9.17) is 0 Å². The van der Waals surface area contributed by atoms with Crippen molar-refractivity contribution in [1.82, 2.24) is 4.98 Å². The Hall–Kier alpha value is -1.63. The van der Waals surface area contributed by atoms with Gasteiger partial charge in [0.1, 0.15) is 0 Å². The van der Waals surface area contributed by atoms with Gasteiger partial charge in [0.25, 0.3) is 0 Å². The fraction of sp³-hybridized carbons (Fsp3) is 0.154. The average Bonchev–Trinajstić information content (AvgIpc) is 2.19. The van der Waals surface area contributed by atoms with E-state index < -0.39 is 0 Å². The zero-order valence-electron chi connectivity index (χ0n) is 8.41. The molecule has 1 radical (unpaired) electrons. The van der Waals surface area contributed by atoms with Crippen LogP contribution in [0.4, 0.5) is 0 Å². The molecule has 2 aromatic rings. The van der Waals surface area contributed by atoms with E-state index in [0.29, 0.717) is 0 Å². The molecule has 0 unspecified atom stereocenters. The van der Waals surface area contributed by atoms with Gasteiger partial charge in [-0.2, -0.15) is 0 Å². The van der Waals surface area contributed by atoms with Crippen molar-refractivity contribution in [1.29, 1.82) is 0 Å². The lowest BCUT2D eigenvalue weighted by Crippen LogP contribution is -1.87. The van der Waals surface area contributed by atoms with Gasteiger partial charge in [-0.15, -0.1) is 0 Å². The normalized spacial score (nSPS) is 10.1. The molecule has 0 aliphatic carbocycles. The summed E-state index contributed by atoms with van der Waals surface area (Å²) in [5.74, 6) is 0. The zero-order valence-corrected chi connectivity index (χ0v) is 8.41. The molecule has 1 aromatic carbocycles. The van der Waals surface area contributed by atoms with Crippen molar-refractivity contribution in [2.75, 3.05) is 0 Å². The van der Waals surface area contributed by atoms with E-state index >= 15 is 0 Å². The molecule has 0 spiro atoms. The lowest BCUT2D eigenvalue weighted by atomic mass is 10.0. The van der Waals surface area contributed by atoms with Crippen LogP contribution in [-0.4, -0.2) is 4.98 Å². The molecular weight excluding hydrogens is 170 g/mol. The van der Waals surface area contributed by atoms with Gasteiger partial charge in [0.2, 0.25) is 0 Å². The van der Waals surface area contributed by atoms with Gasteiger partial charge in [-0.25, -0.2) is 0 Å². The standard InChI is InChI=1S/C13H12N/c1-10-8-11(2)14-9-13(10)12-6-4-3-5-7-12/h3-6,8-9H,1-2H3. The monoisotopic (exact) mass is 182 g/mol. The Morgan fingerprint density at radius 1 is 1.21 bits per heavy atom. The van der Waals surface area contributed by atoms with Crippen LogP contribution in [-0.2, 0) is 0 Å². The van der Waals surface area contributed by atoms with E-state index in [-0.39, 0.29) is 0 Å². The lowest BCUT2D eigenvalue weighted by Gasteiger charge is -2.05. The topological polar surface area (TPSA) is 12.9 Å². The predicted octanol–water partition coefficient (Wildman–Crippen LogP) is 3.17. The summed E-state index contributed by atoms with van der Waals surface area (Å²) in [6.07, 6.45) is 1.91. The summed E-state index contributed by atoms with van der Waals surface area (Å²) >= 11 is 0. The summed E-state index contributed by atoms with van der Waals surface area (Å²) < 4.78 is 0. The van der Waals surface area contributed by atoms with Gasteiger partial charge < -0.3 is 0 Å². The fourth-order valence-corrected chi connectivity index (χ4v) is 1.54. The first-order chi connectivity index (χ1) is 6.77. The van der Waals surface area contributed by atoms with Crippen molar-refractivity contribution in [3.8, 4) is 11.1 Å². The third-order valence-electron chi connectivity index (χ3n) is 2.25. The largest absolute Gasteiger partial charge is 0.261 e. The molecule has 0 N–H and O–H groups in total. The van der Waals surface area contributed by atoms with Gasteiger partial charge >= 0.3 is 0 Å². The smallest absolute Gasteiger partial charge is 0.0375 e. The van der Waals surface area contributed by atoms with Gasteiger partial charge in [-0.3, -0.25) is 4.98 Å². The molecule has 2 rings (SSSR count). The Kier molecular flexibility index (Phi) is 2.32. The molecule has 0 saturated heterocycles. The number of aromatic nitrogens is 1. The van der Waals surface area contributed by atoms with Gasteiger partial charge in [0, 0.05) is 17.5 Å². The Labute approximate surface area is 84.4 Å². The van der Waals surface area contributed by atoms with Crippen LogP contribution in [0.5, 0.6) is 0 Å². The minimum absolute atomic E-state index is 1.06. The number of aryl methyl sites for hydroxylation is 2. The lowest BCUT2D eigenvalue weighted by molar-refractivity contribution is 1.18. The average molecular weight is 182 g/mol. The first kappa shape index (κ1) is 8.95. The van der Waals surface area contributed by atoms with Gasteiger partial charge in [-0.1, -0.05) is 24.3 Å². The highest BCUT2D eigenvalue weighted by molar-refractivity contribution is 5.65. The third-order valence-corrected chi connectivity index (χ3v) is 2.25. The van der Waals surface area contributed by atoms with Crippen molar-refractivity contribution in [2.45, 2.75) is 13.8 Å². The second-order valence-corrected chi connectivity index (χ2v) is 3.42. The molecule has 0 amide bonds. The maximum absolute atomic E-state index is 4.30. The molecule has 14 heavy (non-hydrogen) atoms. The van der Waals surface area contributed by atoms with Gasteiger partial charge in [0.05, 0.1) is 0 Å². The Balaban J connectivity index is 2.53. The molecule has 0 saturated carbocycles. The summed E-state index contributed by atoms with van der Waals surface area (Å²) in [6, 6.07) is 13.3. The van der Waals surface area contributed by atoms with E-state index in [0.717, 1.165) is 16.8 Å². The van der Waals surface area contributed by atoms with Crippen LogP contribution in [0.15, 0.2) is 36.5 Å². The molecular formula is C13H12N. The first-order valence-corrected chi connectivity index (χ1v) is 4.68. The van der Waals surface area contributed by atoms with Crippen LogP contribution < -0.4 is 0 Å². The third kappa shape index (κ3) is 1.67. The number of nitrogens with zero attached hydrogens (tertiary/aromatic N) is 1. The fourth-order valence-electron chi connectivity index (χ4n) is 1.54. The summed E-state index contributed by atoms with van der Waals surface area (Å²) in [6.45, 7) is 4.11. The van der Waals surface area contributed by atoms with E-state index in [9.17, 15) is 0 Å². The molecule has 69 valence electrons. The summed E-state index contributed by atoms with van der Waals surface area (Å²) in [7, 11) is 0. The van der Waals surface area contributed by atoms with Crippen LogP contribution in [0.2, 0.25) is 0 Å². The molecule has 1 aromatic heterocycles. The summed E-state index contributed by atoms with van der Waals surface area (Å²) in [5.41, 5.74) is 4.58. The maximum Gasteiger partial charge on any atom is 0.0375 e. The van der Waals surface area contributed by atoms with Crippen molar-refractivity contribution < 1.29 is 0 Å².